The van der Waals surface area contributed by atoms with Crippen LogP contribution in [-0.2, 0) is 21.2 Å². The number of amides is 1. The molecule has 6 nitrogen and oxygen atoms in total. The van der Waals surface area contributed by atoms with Gasteiger partial charge in [-0.15, -0.1) is 0 Å². The van der Waals surface area contributed by atoms with Crippen molar-refractivity contribution in [2.45, 2.75) is 17.7 Å². The summed E-state index contributed by atoms with van der Waals surface area (Å²) in [4.78, 5) is 12.2. The van der Waals surface area contributed by atoms with Gasteiger partial charge in [0.15, 0.2) is 0 Å². The fourth-order valence-corrected chi connectivity index (χ4v) is 4.61. The number of aryl methyl sites for hydroxylation is 1. The van der Waals surface area contributed by atoms with Crippen LogP contribution in [-0.4, -0.2) is 21.4 Å². The maximum absolute atomic E-state index is 12.9. The quantitative estimate of drug-likeness (QED) is 0.455. The number of carbonyl (C=O) groups excluding carboxylic acids is 1. The number of ether oxygens (including phenoxy) is 1. The van der Waals surface area contributed by atoms with E-state index in [0.717, 1.165) is 5.56 Å². The van der Waals surface area contributed by atoms with Crippen molar-refractivity contribution in [1.29, 1.82) is 0 Å². The number of hydrogen-bond donors (Lipinski definition) is 2. The van der Waals surface area contributed by atoms with Crippen molar-refractivity contribution in [3.8, 4) is 5.75 Å². The lowest BCUT2D eigenvalue weighted by Crippen LogP contribution is -2.16. The van der Waals surface area contributed by atoms with E-state index < -0.39 is 10.0 Å². The molecule has 0 fully saturated rings. The Labute approximate surface area is 191 Å². The molecule has 2 N–H and O–H groups in total. The highest BCUT2D eigenvalue weighted by Crippen LogP contribution is 2.31. The molecule has 0 aromatic heterocycles. The SMILES string of the molecule is COc1ccc(NC(=O)CCc2cccc(Cl)c2)cc1S(=O)(=O)Nc1ccccc1Cl. The van der Waals surface area contributed by atoms with Gasteiger partial charge in [0, 0.05) is 17.1 Å². The molecule has 3 aromatic carbocycles. The molecule has 1 amide bonds. The summed E-state index contributed by atoms with van der Waals surface area (Å²) in [7, 11) is -2.65. The van der Waals surface area contributed by atoms with Gasteiger partial charge in [0.25, 0.3) is 10.0 Å². The summed E-state index contributed by atoms with van der Waals surface area (Å²) >= 11 is 12.0. The van der Waals surface area contributed by atoms with Crippen molar-refractivity contribution in [3.63, 3.8) is 0 Å². The highest BCUT2D eigenvalue weighted by Gasteiger charge is 2.22. The smallest absolute Gasteiger partial charge is 0.265 e. The topological polar surface area (TPSA) is 84.5 Å². The Hall–Kier alpha value is -2.74. The van der Waals surface area contributed by atoms with Gasteiger partial charge < -0.3 is 10.1 Å². The second-order valence-corrected chi connectivity index (χ2v) is 9.12. The van der Waals surface area contributed by atoms with Gasteiger partial charge in [0.05, 0.1) is 17.8 Å². The number of rotatable bonds is 8. The largest absolute Gasteiger partial charge is 0.495 e. The molecule has 0 radical (unpaired) electrons. The number of halogens is 2. The van der Waals surface area contributed by atoms with Crippen LogP contribution in [0.2, 0.25) is 10.0 Å². The Morgan fingerprint density at radius 3 is 2.48 bits per heavy atom. The number of carbonyl (C=O) groups is 1. The second kappa shape index (κ2) is 10.0. The fourth-order valence-electron chi connectivity index (χ4n) is 2.88. The average Bonchev–Trinajstić information content (AvgIpc) is 2.74. The van der Waals surface area contributed by atoms with Gasteiger partial charge >= 0.3 is 0 Å². The van der Waals surface area contributed by atoms with E-state index in [1.165, 1.54) is 19.2 Å². The maximum atomic E-state index is 12.9. The lowest BCUT2D eigenvalue weighted by atomic mass is 10.1. The highest BCUT2D eigenvalue weighted by atomic mass is 35.5. The first-order valence-corrected chi connectivity index (χ1v) is 11.5. The highest BCUT2D eigenvalue weighted by molar-refractivity contribution is 7.92. The summed E-state index contributed by atoms with van der Waals surface area (Å²) in [6.45, 7) is 0. The monoisotopic (exact) mass is 478 g/mol. The predicted molar refractivity (Wildman–Crippen MR) is 124 cm³/mol. The first-order valence-electron chi connectivity index (χ1n) is 9.28. The van der Waals surface area contributed by atoms with Crippen molar-refractivity contribution in [2.75, 3.05) is 17.1 Å². The van der Waals surface area contributed by atoms with Crippen LogP contribution in [0.3, 0.4) is 0 Å². The molecule has 0 aliphatic rings. The first-order chi connectivity index (χ1) is 14.8. The molecule has 162 valence electrons. The standard InChI is InChI=1S/C22H20Cl2N2O4S/c1-30-20-11-10-17(25-22(27)12-9-15-5-4-6-16(23)13-15)14-21(20)31(28,29)26-19-8-3-2-7-18(19)24/h2-8,10-11,13-14,26H,9,12H2,1H3,(H,25,27). The number of methoxy groups -OCH3 is 1. The van der Waals surface area contributed by atoms with Crippen LogP contribution in [0.1, 0.15) is 12.0 Å². The van der Waals surface area contributed by atoms with Crippen molar-refractivity contribution in [1.82, 2.24) is 0 Å². The molecule has 0 atom stereocenters. The summed E-state index contributed by atoms with van der Waals surface area (Å²) in [6, 6.07) is 18.2. The zero-order valence-corrected chi connectivity index (χ0v) is 18.9. The van der Waals surface area contributed by atoms with Gasteiger partial charge in [-0.1, -0.05) is 47.5 Å². The predicted octanol–water partition coefficient (Wildman–Crippen LogP) is 5.37. The third-order valence-corrected chi connectivity index (χ3v) is 6.34. The lowest BCUT2D eigenvalue weighted by Gasteiger charge is -2.14. The molecule has 0 saturated carbocycles. The number of sulfonamides is 1. The molecule has 3 aromatic rings. The zero-order valence-electron chi connectivity index (χ0n) is 16.6. The van der Waals surface area contributed by atoms with Gasteiger partial charge in [-0.2, -0.15) is 0 Å². The number of nitrogens with one attached hydrogen (secondary N) is 2. The van der Waals surface area contributed by atoms with Crippen LogP contribution >= 0.6 is 23.2 Å². The fraction of sp³-hybridized carbons (Fsp3) is 0.136. The minimum absolute atomic E-state index is 0.123. The Balaban J connectivity index is 1.76. The van der Waals surface area contributed by atoms with E-state index in [0.29, 0.717) is 17.1 Å². The Bertz CT molecular complexity index is 1200. The van der Waals surface area contributed by atoms with Crippen LogP contribution < -0.4 is 14.8 Å². The molecule has 0 aliphatic carbocycles. The molecule has 0 saturated heterocycles. The van der Waals surface area contributed by atoms with E-state index in [1.807, 2.05) is 12.1 Å². The van der Waals surface area contributed by atoms with E-state index in [-0.39, 0.29) is 33.7 Å². The van der Waals surface area contributed by atoms with Gasteiger partial charge in [-0.05, 0) is 54.4 Å². The average molecular weight is 479 g/mol. The normalized spacial score (nSPS) is 11.1. The van der Waals surface area contributed by atoms with Crippen LogP contribution in [0.25, 0.3) is 0 Å². The minimum Gasteiger partial charge on any atom is -0.495 e. The molecule has 31 heavy (non-hydrogen) atoms. The molecular formula is C22H20Cl2N2O4S. The lowest BCUT2D eigenvalue weighted by molar-refractivity contribution is -0.116. The van der Waals surface area contributed by atoms with E-state index in [4.69, 9.17) is 27.9 Å². The maximum Gasteiger partial charge on any atom is 0.265 e. The molecule has 0 bridgehead atoms. The Kier molecular flexibility index (Phi) is 7.43. The minimum atomic E-state index is -4.02. The van der Waals surface area contributed by atoms with Crippen molar-refractivity contribution < 1.29 is 17.9 Å². The van der Waals surface area contributed by atoms with Gasteiger partial charge in [-0.25, -0.2) is 8.42 Å². The second-order valence-electron chi connectivity index (χ2n) is 6.63. The molecular weight excluding hydrogens is 459 g/mol. The van der Waals surface area contributed by atoms with Gasteiger partial charge in [0.1, 0.15) is 10.6 Å². The number of benzene rings is 3. The summed E-state index contributed by atoms with van der Waals surface area (Å²) in [5.74, 6) is -0.121. The van der Waals surface area contributed by atoms with Crippen molar-refractivity contribution in [2.24, 2.45) is 0 Å². The summed E-state index contributed by atoms with van der Waals surface area (Å²) in [6.07, 6.45) is 0.716. The third-order valence-electron chi connectivity index (χ3n) is 4.38. The number of para-hydroxylation sites is 1. The zero-order chi connectivity index (χ0) is 22.4. The first kappa shape index (κ1) is 22.9. The summed E-state index contributed by atoms with van der Waals surface area (Å²) in [5, 5.41) is 3.59. The number of hydrogen-bond acceptors (Lipinski definition) is 4. The van der Waals surface area contributed by atoms with Crippen LogP contribution in [0.15, 0.2) is 71.6 Å². The molecule has 0 aliphatic heterocycles. The van der Waals surface area contributed by atoms with Crippen molar-refractivity contribution in [3.05, 3.63) is 82.3 Å². The molecule has 0 spiro atoms. The van der Waals surface area contributed by atoms with E-state index in [2.05, 4.69) is 10.0 Å². The van der Waals surface area contributed by atoms with E-state index in [1.54, 1.807) is 42.5 Å². The summed E-state index contributed by atoms with van der Waals surface area (Å²) in [5.41, 5.74) is 1.50. The molecule has 0 unspecified atom stereocenters. The molecule has 3 rings (SSSR count). The number of anilines is 2. The van der Waals surface area contributed by atoms with Crippen molar-refractivity contribution >= 4 is 50.5 Å². The van der Waals surface area contributed by atoms with E-state index >= 15 is 0 Å². The van der Waals surface area contributed by atoms with Crippen LogP contribution in [0, 0.1) is 0 Å². The van der Waals surface area contributed by atoms with Crippen LogP contribution in [0.4, 0.5) is 11.4 Å². The summed E-state index contributed by atoms with van der Waals surface area (Å²) < 4.78 is 33.5. The third kappa shape index (κ3) is 6.13. The Morgan fingerprint density at radius 1 is 1.00 bits per heavy atom. The van der Waals surface area contributed by atoms with Crippen LogP contribution in [0.5, 0.6) is 5.75 Å². The van der Waals surface area contributed by atoms with Gasteiger partial charge in [0.2, 0.25) is 5.91 Å². The Morgan fingerprint density at radius 2 is 1.77 bits per heavy atom. The molecule has 9 heteroatoms. The van der Waals surface area contributed by atoms with E-state index in [9.17, 15) is 13.2 Å². The molecule has 0 heterocycles. The van der Waals surface area contributed by atoms with Gasteiger partial charge in [-0.3, -0.25) is 9.52 Å².